The number of carbonyl (C=O) groups is 1. The number of nitriles is 1. The van der Waals surface area contributed by atoms with Crippen LogP contribution < -0.4 is 10.5 Å². The van der Waals surface area contributed by atoms with Gasteiger partial charge in [0.2, 0.25) is 0 Å². The smallest absolute Gasteiger partial charge is 0.335 e. The summed E-state index contributed by atoms with van der Waals surface area (Å²) in [7, 11) is 1.38. The third-order valence-electron chi connectivity index (χ3n) is 1.98. The molecule has 0 saturated heterocycles. The summed E-state index contributed by atoms with van der Waals surface area (Å²) in [4.78, 5) is 10.8. The largest absolute Gasteiger partial charge is 0.495 e. The minimum atomic E-state index is -1.08. The zero-order valence-corrected chi connectivity index (χ0v) is 8.15. The minimum Gasteiger partial charge on any atom is -0.495 e. The highest BCUT2D eigenvalue weighted by Crippen LogP contribution is 2.23. The van der Waals surface area contributed by atoms with E-state index in [0.29, 0.717) is 5.56 Å². The fraction of sp³-hybridized carbons (Fsp3) is 0.200. The van der Waals surface area contributed by atoms with Gasteiger partial charge in [0, 0.05) is 6.54 Å². The standard InChI is InChI=1S/C10H10N2O3/c1-15-9-3-6(10(13)14)2-7(4-11)8(9)5-12/h2-3H,4,11H2,1H3,(H,13,14). The van der Waals surface area contributed by atoms with Gasteiger partial charge in [0.25, 0.3) is 0 Å². The molecule has 5 nitrogen and oxygen atoms in total. The molecule has 1 aromatic carbocycles. The number of rotatable bonds is 3. The molecule has 5 heteroatoms. The normalized spacial score (nSPS) is 9.40. The SMILES string of the molecule is COc1cc(C(=O)O)cc(CN)c1C#N. The molecule has 0 heterocycles. The molecule has 3 N–H and O–H groups in total. The number of hydrogen-bond donors (Lipinski definition) is 2. The van der Waals surface area contributed by atoms with Crippen LogP contribution in [-0.2, 0) is 6.54 Å². The van der Waals surface area contributed by atoms with Gasteiger partial charge in [-0.15, -0.1) is 0 Å². The number of ether oxygens (including phenoxy) is 1. The van der Waals surface area contributed by atoms with Gasteiger partial charge in [0.1, 0.15) is 11.8 Å². The quantitative estimate of drug-likeness (QED) is 0.759. The van der Waals surface area contributed by atoms with Crippen molar-refractivity contribution < 1.29 is 14.6 Å². The molecule has 0 aliphatic heterocycles. The Morgan fingerprint density at radius 3 is 2.73 bits per heavy atom. The average molecular weight is 206 g/mol. The first-order valence-corrected chi connectivity index (χ1v) is 4.18. The predicted octanol–water partition coefficient (Wildman–Crippen LogP) is 0.724. The highest BCUT2D eigenvalue weighted by Gasteiger charge is 2.13. The number of aromatic carboxylic acids is 1. The van der Waals surface area contributed by atoms with E-state index in [0.717, 1.165) is 0 Å². The van der Waals surface area contributed by atoms with Crippen molar-refractivity contribution in [3.05, 3.63) is 28.8 Å². The molecule has 1 rings (SSSR count). The molecule has 0 saturated carbocycles. The molecule has 0 bridgehead atoms. The van der Waals surface area contributed by atoms with Gasteiger partial charge in [-0.25, -0.2) is 4.79 Å². The van der Waals surface area contributed by atoms with E-state index in [1.807, 2.05) is 6.07 Å². The Morgan fingerprint density at radius 2 is 2.33 bits per heavy atom. The van der Waals surface area contributed by atoms with E-state index >= 15 is 0 Å². The summed E-state index contributed by atoms with van der Waals surface area (Å²) in [6.45, 7) is 0.0976. The Hall–Kier alpha value is -2.06. The lowest BCUT2D eigenvalue weighted by atomic mass is 10.0. The van der Waals surface area contributed by atoms with Gasteiger partial charge in [0.05, 0.1) is 18.2 Å². The van der Waals surface area contributed by atoms with Crippen LogP contribution in [0, 0.1) is 11.3 Å². The lowest BCUT2D eigenvalue weighted by Crippen LogP contribution is -2.06. The summed E-state index contributed by atoms with van der Waals surface area (Å²) in [5, 5.41) is 17.7. The van der Waals surface area contributed by atoms with Crippen LogP contribution in [0.4, 0.5) is 0 Å². The van der Waals surface area contributed by atoms with Crippen LogP contribution >= 0.6 is 0 Å². The summed E-state index contributed by atoms with van der Waals surface area (Å²) in [5.74, 6) is -0.842. The van der Waals surface area contributed by atoms with Crippen LogP contribution in [0.1, 0.15) is 21.5 Å². The van der Waals surface area contributed by atoms with Crippen LogP contribution in [-0.4, -0.2) is 18.2 Å². The molecule has 0 radical (unpaired) electrons. The molecule has 0 aliphatic rings. The second-order valence-corrected chi connectivity index (χ2v) is 2.83. The summed E-state index contributed by atoms with van der Waals surface area (Å²) >= 11 is 0. The summed E-state index contributed by atoms with van der Waals surface area (Å²) in [6, 6.07) is 4.62. The number of benzene rings is 1. The fourth-order valence-corrected chi connectivity index (χ4v) is 1.25. The van der Waals surface area contributed by atoms with E-state index < -0.39 is 5.97 Å². The average Bonchev–Trinajstić information content (AvgIpc) is 2.26. The fourth-order valence-electron chi connectivity index (χ4n) is 1.25. The highest BCUT2D eigenvalue weighted by atomic mass is 16.5. The monoisotopic (exact) mass is 206 g/mol. The van der Waals surface area contributed by atoms with Crippen LogP contribution in [0.3, 0.4) is 0 Å². The number of nitrogens with two attached hydrogens (primary N) is 1. The first-order valence-electron chi connectivity index (χ1n) is 4.18. The minimum absolute atomic E-state index is 0.0614. The van der Waals surface area contributed by atoms with Gasteiger partial charge in [0.15, 0.2) is 0 Å². The van der Waals surface area contributed by atoms with E-state index in [1.54, 1.807) is 0 Å². The van der Waals surface area contributed by atoms with E-state index in [1.165, 1.54) is 19.2 Å². The van der Waals surface area contributed by atoms with Gasteiger partial charge in [-0.2, -0.15) is 5.26 Å². The Labute approximate surface area is 86.7 Å². The second kappa shape index (κ2) is 4.44. The van der Waals surface area contributed by atoms with Crippen molar-refractivity contribution in [1.29, 1.82) is 5.26 Å². The molecular formula is C10H10N2O3. The highest BCUT2D eigenvalue weighted by molar-refractivity contribution is 5.89. The van der Waals surface area contributed by atoms with Gasteiger partial charge in [-0.1, -0.05) is 0 Å². The second-order valence-electron chi connectivity index (χ2n) is 2.83. The van der Waals surface area contributed by atoms with Crippen molar-refractivity contribution in [2.75, 3.05) is 7.11 Å². The Balaban J connectivity index is 3.44. The van der Waals surface area contributed by atoms with Crippen molar-refractivity contribution in [2.45, 2.75) is 6.54 Å². The Morgan fingerprint density at radius 1 is 1.67 bits per heavy atom. The number of methoxy groups -OCH3 is 1. The van der Waals surface area contributed by atoms with Crippen molar-refractivity contribution in [1.82, 2.24) is 0 Å². The molecule has 0 fully saturated rings. The summed E-state index contributed by atoms with van der Waals surface area (Å²) < 4.78 is 4.93. The summed E-state index contributed by atoms with van der Waals surface area (Å²) in [5.41, 5.74) is 6.23. The Bertz CT molecular complexity index is 410. The molecule has 0 unspecified atom stereocenters. The molecular weight excluding hydrogens is 196 g/mol. The van der Waals surface area contributed by atoms with Gasteiger partial charge in [-0.05, 0) is 17.7 Å². The number of hydrogen-bond acceptors (Lipinski definition) is 4. The van der Waals surface area contributed by atoms with E-state index in [9.17, 15) is 4.79 Å². The van der Waals surface area contributed by atoms with Crippen molar-refractivity contribution in [3.63, 3.8) is 0 Å². The molecule has 0 amide bonds. The predicted molar refractivity (Wildman–Crippen MR) is 52.6 cm³/mol. The topological polar surface area (TPSA) is 96.3 Å². The first-order chi connectivity index (χ1) is 7.13. The van der Waals surface area contributed by atoms with E-state index in [2.05, 4.69) is 0 Å². The zero-order valence-electron chi connectivity index (χ0n) is 8.15. The van der Waals surface area contributed by atoms with Gasteiger partial charge >= 0.3 is 5.97 Å². The van der Waals surface area contributed by atoms with Crippen LogP contribution in [0.2, 0.25) is 0 Å². The third kappa shape index (κ3) is 2.06. The zero-order chi connectivity index (χ0) is 11.4. The van der Waals surface area contributed by atoms with Crippen LogP contribution in [0.15, 0.2) is 12.1 Å². The number of nitrogens with zero attached hydrogens (tertiary/aromatic N) is 1. The summed E-state index contributed by atoms with van der Waals surface area (Å²) in [6.07, 6.45) is 0. The molecule has 15 heavy (non-hydrogen) atoms. The molecule has 1 aromatic rings. The van der Waals surface area contributed by atoms with Crippen molar-refractivity contribution >= 4 is 5.97 Å². The van der Waals surface area contributed by atoms with Crippen molar-refractivity contribution in [2.24, 2.45) is 5.73 Å². The van der Waals surface area contributed by atoms with Crippen molar-refractivity contribution in [3.8, 4) is 11.8 Å². The Kier molecular flexibility index (Phi) is 3.26. The lowest BCUT2D eigenvalue weighted by molar-refractivity contribution is 0.0696. The number of carboxylic acids is 1. The maximum atomic E-state index is 10.8. The van der Waals surface area contributed by atoms with E-state index in [-0.39, 0.29) is 23.4 Å². The molecule has 0 aliphatic carbocycles. The van der Waals surface area contributed by atoms with E-state index in [4.69, 9.17) is 20.8 Å². The van der Waals surface area contributed by atoms with Crippen LogP contribution in [0.5, 0.6) is 5.75 Å². The first kappa shape index (κ1) is 11.0. The lowest BCUT2D eigenvalue weighted by Gasteiger charge is -2.08. The molecule has 78 valence electrons. The van der Waals surface area contributed by atoms with Gasteiger partial charge < -0.3 is 15.6 Å². The molecule has 0 aromatic heterocycles. The van der Waals surface area contributed by atoms with Crippen LogP contribution in [0.25, 0.3) is 0 Å². The van der Waals surface area contributed by atoms with Gasteiger partial charge in [-0.3, -0.25) is 0 Å². The molecule has 0 atom stereocenters. The maximum absolute atomic E-state index is 10.8. The third-order valence-corrected chi connectivity index (χ3v) is 1.98. The maximum Gasteiger partial charge on any atom is 0.335 e. The number of carboxylic acid groups (broad SMARTS) is 1. The molecule has 0 spiro atoms.